The van der Waals surface area contributed by atoms with E-state index in [1.54, 1.807) is 6.07 Å². The third-order valence-corrected chi connectivity index (χ3v) is 2.15. The molecule has 5 nitrogen and oxygen atoms in total. The molecule has 5 heteroatoms. The van der Waals surface area contributed by atoms with E-state index in [0.717, 1.165) is 0 Å². The van der Waals surface area contributed by atoms with Crippen molar-refractivity contribution in [3.8, 4) is 5.88 Å². The third-order valence-electron chi connectivity index (χ3n) is 2.15. The first kappa shape index (κ1) is 12.4. The molecular weight excluding hydrogens is 208 g/mol. The molecule has 0 amide bonds. The summed E-state index contributed by atoms with van der Waals surface area (Å²) in [5.41, 5.74) is 5.42. The number of ether oxygens (including phenoxy) is 1. The summed E-state index contributed by atoms with van der Waals surface area (Å²) in [4.78, 5) is 14.8. The lowest BCUT2D eigenvalue weighted by Crippen LogP contribution is -2.30. The Hall–Kier alpha value is -1.62. The van der Waals surface area contributed by atoms with Crippen molar-refractivity contribution >= 4 is 5.97 Å². The lowest BCUT2D eigenvalue weighted by Gasteiger charge is -2.22. The highest BCUT2D eigenvalue weighted by atomic mass is 16.5. The van der Waals surface area contributed by atoms with E-state index >= 15 is 0 Å². The van der Waals surface area contributed by atoms with Crippen LogP contribution < -0.4 is 10.5 Å². The maximum absolute atomic E-state index is 10.9. The predicted molar refractivity (Wildman–Crippen MR) is 59.5 cm³/mol. The van der Waals surface area contributed by atoms with Crippen LogP contribution in [0, 0.1) is 5.41 Å². The highest BCUT2D eigenvalue weighted by Gasteiger charge is 2.19. The summed E-state index contributed by atoms with van der Waals surface area (Å²) in [6.45, 7) is 4.68. The van der Waals surface area contributed by atoms with Crippen molar-refractivity contribution < 1.29 is 14.6 Å². The Kier molecular flexibility index (Phi) is 3.84. The average Bonchev–Trinajstić information content (AvgIpc) is 2.27. The number of carbonyl (C=O) groups is 1. The molecule has 0 unspecified atom stereocenters. The van der Waals surface area contributed by atoms with Crippen LogP contribution in [0.15, 0.2) is 18.3 Å². The Morgan fingerprint density at radius 3 is 2.88 bits per heavy atom. The molecule has 1 aromatic heterocycles. The van der Waals surface area contributed by atoms with Gasteiger partial charge in [0.25, 0.3) is 0 Å². The van der Waals surface area contributed by atoms with Gasteiger partial charge in [-0.05, 0) is 12.1 Å². The molecule has 1 heterocycles. The van der Waals surface area contributed by atoms with E-state index in [1.165, 1.54) is 12.3 Å². The topological polar surface area (TPSA) is 85.4 Å². The lowest BCUT2D eigenvalue weighted by atomic mass is 9.95. The summed E-state index contributed by atoms with van der Waals surface area (Å²) in [6.07, 6.45) is 1.50. The molecule has 0 saturated heterocycles. The van der Waals surface area contributed by atoms with Gasteiger partial charge in [-0.1, -0.05) is 13.8 Å². The number of hydrogen-bond acceptors (Lipinski definition) is 4. The number of carboxylic acid groups (broad SMARTS) is 1. The molecule has 0 atom stereocenters. The molecule has 0 saturated carbocycles. The van der Waals surface area contributed by atoms with Crippen molar-refractivity contribution in [1.82, 2.24) is 4.98 Å². The first-order chi connectivity index (χ1) is 7.46. The number of rotatable bonds is 5. The Morgan fingerprint density at radius 1 is 1.62 bits per heavy atom. The van der Waals surface area contributed by atoms with E-state index in [-0.39, 0.29) is 16.9 Å². The first-order valence-corrected chi connectivity index (χ1v) is 4.97. The minimum atomic E-state index is -1.05. The number of nitrogens with two attached hydrogens (primary N) is 1. The van der Waals surface area contributed by atoms with Crippen molar-refractivity contribution in [2.45, 2.75) is 13.8 Å². The van der Waals surface area contributed by atoms with E-state index in [2.05, 4.69) is 4.98 Å². The third kappa shape index (κ3) is 3.20. The van der Waals surface area contributed by atoms with E-state index in [1.807, 2.05) is 13.8 Å². The molecule has 1 aromatic rings. The highest BCUT2D eigenvalue weighted by Crippen LogP contribution is 2.18. The quantitative estimate of drug-likeness (QED) is 0.783. The minimum absolute atomic E-state index is 0.0651. The van der Waals surface area contributed by atoms with Crippen molar-refractivity contribution in [2.24, 2.45) is 11.1 Å². The molecule has 0 fully saturated rings. The second kappa shape index (κ2) is 4.94. The van der Waals surface area contributed by atoms with Crippen LogP contribution >= 0.6 is 0 Å². The highest BCUT2D eigenvalue weighted by molar-refractivity contribution is 5.90. The van der Waals surface area contributed by atoms with Crippen LogP contribution in [0.3, 0.4) is 0 Å². The summed E-state index contributed by atoms with van der Waals surface area (Å²) in [5.74, 6) is -0.912. The smallest absolute Gasteiger partial charge is 0.341 e. The number of aromatic carboxylic acids is 1. The van der Waals surface area contributed by atoms with Crippen LogP contribution in [0.2, 0.25) is 0 Å². The maximum Gasteiger partial charge on any atom is 0.341 e. The molecule has 0 aliphatic heterocycles. The molecule has 3 N–H and O–H groups in total. The zero-order valence-electron chi connectivity index (χ0n) is 9.43. The summed E-state index contributed by atoms with van der Waals surface area (Å²) < 4.78 is 5.38. The second-order valence-corrected chi connectivity index (χ2v) is 4.32. The monoisotopic (exact) mass is 224 g/mol. The van der Waals surface area contributed by atoms with Crippen molar-refractivity contribution in [3.63, 3.8) is 0 Å². The van der Waals surface area contributed by atoms with Gasteiger partial charge in [0, 0.05) is 18.2 Å². The fourth-order valence-corrected chi connectivity index (χ4v) is 0.991. The van der Waals surface area contributed by atoms with Gasteiger partial charge in [-0.3, -0.25) is 0 Å². The molecule has 0 aliphatic carbocycles. The molecule has 0 spiro atoms. The number of hydrogen-bond donors (Lipinski definition) is 2. The van der Waals surface area contributed by atoms with Gasteiger partial charge < -0.3 is 15.6 Å². The van der Waals surface area contributed by atoms with E-state index < -0.39 is 5.97 Å². The SMILES string of the molecule is CC(C)(CN)COc1ncccc1C(=O)O. The van der Waals surface area contributed by atoms with E-state index in [9.17, 15) is 4.79 Å². The van der Waals surface area contributed by atoms with Gasteiger partial charge >= 0.3 is 5.97 Å². The van der Waals surface area contributed by atoms with Crippen LogP contribution in [-0.2, 0) is 0 Å². The van der Waals surface area contributed by atoms with E-state index in [0.29, 0.717) is 13.2 Å². The molecule has 16 heavy (non-hydrogen) atoms. The molecule has 0 bridgehead atoms. The molecule has 1 rings (SSSR count). The van der Waals surface area contributed by atoms with Gasteiger partial charge in [0.1, 0.15) is 5.56 Å². The zero-order chi connectivity index (χ0) is 12.2. The summed E-state index contributed by atoms with van der Waals surface area (Å²) in [7, 11) is 0. The molecule has 0 aliphatic rings. The van der Waals surface area contributed by atoms with Crippen molar-refractivity contribution in [1.29, 1.82) is 0 Å². The summed E-state index contributed by atoms with van der Waals surface area (Å²) in [5, 5.41) is 8.91. The molecule has 88 valence electrons. The summed E-state index contributed by atoms with van der Waals surface area (Å²) in [6, 6.07) is 3.02. The van der Waals surface area contributed by atoms with Gasteiger partial charge in [0.15, 0.2) is 0 Å². The maximum atomic E-state index is 10.9. The Balaban J connectivity index is 2.78. The fraction of sp³-hybridized carbons (Fsp3) is 0.455. The van der Waals surface area contributed by atoms with Crippen molar-refractivity contribution in [3.05, 3.63) is 23.9 Å². The largest absolute Gasteiger partial charge is 0.477 e. The number of aromatic nitrogens is 1. The lowest BCUT2D eigenvalue weighted by molar-refractivity contribution is 0.0687. The Morgan fingerprint density at radius 2 is 2.31 bits per heavy atom. The number of carboxylic acids is 1. The Bertz CT molecular complexity index is 377. The van der Waals surface area contributed by atoms with Gasteiger partial charge in [0.05, 0.1) is 6.61 Å². The van der Waals surface area contributed by atoms with Gasteiger partial charge in [0.2, 0.25) is 5.88 Å². The molecule has 0 radical (unpaired) electrons. The van der Waals surface area contributed by atoms with Crippen LogP contribution in [-0.4, -0.2) is 29.2 Å². The van der Waals surface area contributed by atoms with Gasteiger partial charge in [-0.15, -0.1) is 0 Å². The van der Waals surface area contributed by atoms with Crippen molar-refractivity contribution in [2.75, 3.05) is 13.2 Å². The van der Waals surface area contributed by atoms with Crippen LogP contribution in [0.25, 0.3) is 0 Å². The van der Waals surface area contributed by atoms with Crippen LogP contribution in [0.5, 0.6) is 5.88 Å². The van der Waals surface area contributed by atoms with Gasteiger partial charge in [-0.25, -0.2) is 9.78 Å². The summed E-state index contributed by atoms with van der Waals surface area (Å²) >= 11 is 0. The Labute approximate surface area is 94.2 Å². The van der Waals surface area contributed by atoms with Gasteiger partial charge in [-0.2, -0.15) is 0 Å². The molecule has 0 aromatic carbocycles. The van der Waals surface area contributed by atoms with Crippen LogP contribution in [0.1, 0.15) is 24.2 Å². The van der Waals surface area contributed by atoms with Crippen LogP contribution in [0.4, 0.5) is 0 Å². The first-order valence-electron chi connectivity index (χ1n) is 4.97. The molecular formula is C11H16N2O3. The normalized spacial score (nSPS) is 11.2. The second-order valence-electron chi connectivity index (χ2n) is 4.32. The average molecular weight is 224 g/mol. The zero-order valence-corrected chi connectivity index (χ0v) is 9.43. The standard InChI is InChI=1S/C11H16N2O3/c1-11(2,6-12)7-16-9-8(10(14)15)4-3-5-13-9/h3-5H,6-7,12H2,1-2H3,(H,14,15). The number of nitrogens with zero attached hydrogens (tertiary/aromatic N) is 1. The number of pyridine rings is 1. The predicted octanol–water partition coefficient (Wildman–Crippen LogP) is 1.14. The fourth-order valence-electron chi connectivity index (χ4n) is 0.991. The minimum Gasteiger partial charge on any atom is -0.477 e. The van der Waals surface area contributed by atoms with E-state index in [4.69, 9.17) is 15.6 Å².